The lowest BCUT2D eigenvalue weighted by Gasteiger charge is -1.95. The number of ether oxygens (including phenoxy) is 1. The van der Waals surface area contributed by atoms with E-state index < -0.39 is 18.4 Å². The van der Waals surface area contributed by atoms with Gasteiger partial charge in [0.25, 0.3) is 0 Å². The third-order valence-corrected chi connectivity index (χ3v) is 0.601. The molecule has 0 fully saturated rings. The molecule has 0 aliphatic heterocycles. The number of carboxylic acids is 1. The van der Waals surface area contributed by atoms with Crippen LogP contribution in [0.1, 0.15) is 13.3 Å². The van der Waals surface area contributed by atoms with E-state index in [2.05, 4.69) is 4.74 Å². The molecule has 0 radical (unpaired) electrons. The van der Waals surface area contributed by atoms with Gasteiger partial charge in [-0.25, -0.2) is 0 Å². The number of hydrogen-bond acceptors (Lipinski definition) is 3. The number of carbonyl (C=O) groups is 2. The van der Waals surface area contributed by atoms with E-state index in [9.17, 15) is 9.59 Å². The topological polar surface area (TPSA) is 63.6 Å². The third kappa shape index (κ3) is 16.3. The highest BCUT2D eigenvalue weighted by atomic mass is 35.5. The molecule has 0 spiro atoms. The maximum Gasteiger partial charge on any atom is 0.317 e. The number of halogens is 2. The second kappa shape index (κ2) is 10.5. The molecule has 0 aliphatic rings. The van der Waals surface area contributed by atoms with Gasteiger partial charge in [-0.1, -0.05) is 0 Å². The predicted octanol–water partition coefficient (Wildman–Crippen LogP) is 1.45. The molecule has 0 atom stereocenters. The molecule has 0 saturated carbocycles. The van der Waals surface area contributed by atoms with Crippen molar-refractivity contribution in [2.75, 3.05) is 11.9 Å². The molecule has 0 amide bonds. The first kappa shape index (κ1) is 14.1. The van der Waals surface area contributed by atoms with Gasteiger partial charge in [0.1, 0.15) is 6.42 Å². The van der Waals surface area contributed by atoms with Crippen LogP contribution in [0.3, 0.4) is 0 Å². The van der Waals surface area contributed by atoms with E-state index in [-0.39, 0.29) is 11.9 Å². The van der Waals surface area contributed by atoms with Crippen molar-refractivity contribution in [2.24, 2.45) is 0 Å². The Labute approximate surface area is 80.4 Å². The summed E-state index contributed by atoms with van der Waals surface area (Å²) in [4.78, 5) is 20.0. The smallest absolute Gasteiger partial charge is 0.317 e. The number of aliphatic carboxylic acids is 1. The summed E-state index contributed by atoms with van der Waals surface area (Å²) in [5, 5.41) is 8.20. The first-order valence-electron chi connectivity index (χ1n) is 3.07. The highest BCUT2D eigenvalue weighted by Crippen LogP contribution is 1.84. The van der Waals surface area contributed by atoms with E-state index in [4.69, 9.17) is 28.3 Å². The molecule has 0 aromatic heterocycles. The minimum atomic E-state index is -1.16. The number of carbonyl (C=O) groups excluding carboxylic acids is 1. The molecule has 0 aromatic carbocycles. The quantitative estimate of drug-likeness (QED) is 0.441. The minimum absolute atomic E-state index is 0.194. The number of esters is 1. The van der Waals surface area contributed by atoms with E-state index in [1.165, 1.54) is 0 Å². The number of carboxylic acid groups (broad SMARTS) is 1. The molecular weight excluding hydrogens is 207 g/mol. The van der Waals surface area contributed by atoms with Gasteiger partial charge in [-0.15, -0.1) is 23.2 Å². The van der Waals surface area contributed by atoms with Gasteiger partial charge in [0, 0.05) is 0 Å². The monoisotopic (exact) mass is 216 g/mol. The summed E-state index contributed by atoms with van der Waals surface area (Å²) in [5.74, 6) is -1.85. The number of rotatable bonds is 3. The zero-order valence-electron chi connectivity index (χ0n) is 6.55. The van der Waals surface area contributed by atoms with Crippen molar-refractivity contribution in [3.05, 3.63) is 0 Å². The molecule has 4 nitrogen and oxygen atoms in total. The fourth-order valence-electron chi connectivity index (χ4n) is 0.335. The normalized spacial score (nSPS) is 7.92. The molecule has 0 aromatic rings. The van der Waals surface area contributed by atoms with Crippen LogP contribution in [0.25, 0.3) is 0 Å². The maximum absolute atomic E-state index is 10.3. The van der Waals surface area contributed by atoms with Crippen LogP contribution in [0.15, 0.2) is 0 Å². The van der Waals surface area contributed by atoms with E-state index in [1.54, 1.807) is 6.92 Å². The Kier molecular flexibility index (Phi) is 12.3. The average molecular weight is 217 g/mol. The maximum atomic E-state index is 10.3. The summed E-state index contributed by atoms with van der Waals surface area (Å²) in [6.07, 6.45) is -0.548. The first-order chi connectivity index (χ1) is 5.58. The van der Waals surface area contributed by atoms with Crippen LogP contribution in [-0.4, -0.2) is 29.0 Å². The van der Waals surface area contributed by atoms with Gasteiger partial charge in [0.05, 0.1) is 11.9 Å². The van der Waals surface area contributed by atoms with Crippen molar-refractivity contribution < 1.29 is 19.4 Å². The molecule has 0 saturated heterocycles. The Morgan fingerprint density at radius 3 is 2.08 bits per heavy atom. The molecule has 72 valence electrons. The summed E-state index contributed by atoms with van der Waals surface area (Å²) in [7, 11) is 0. The van der Waals surface area contributed by atoms with E-state index in [0.29, 0.717) is 0 Å². The summed E-state index contributed by atoms with van der Waals surface area (Å²) in [6.45, 7) is 1.85. The lowest BCUT2D eigenvalue weighted by Crippen LogP contribution is -2.09. The Balaban J connectivity index is 0. The molecule has 0 unspecified atom stereocenters. The van der Waals surface area contributed by atoms with Crippen molar-refractivity contribution in [3.8, 4) is 0 Å². The lowest BCUT2D eigenvalue weighted by atomic mass is 10.4. The lowest BCUT2D eigenvalue weighted by molar-refractivity contribution is -0.150. The molecular formula is C6H10Cl2O4. The van der Waals surface area contributed by atoms with Crippen molar-refractivity contribution in [3.63, 3.8) is 0 Å². The van der Waals surface area contributed by atoms with Crippen LogP contribution in [0.4, 0.5) is 0 Å². The number of alkyl halides is 2. The zero-order chi connectivity index (χ0) is 9.98. The van der Waals surface area contributed by atoms with Crippen molar-refractivity contribution >= 4 is 35.1 Å². The Morgan fingerprint density at radius 2 is 1.83 bits per heavy atom. The van der Waals surface area contributed by atoms with Crippen LogP contribution in [-0.2, 0) is 14.3 Å². The highest BCUT2D eigenvalue weighted by Gasteiger charge is 2.06. The summed E-state index contributed by atoms with van der Waals surface area (Å²) < 4.78 is 4.33. The largest absolute Gasteiger partial charge is 0.481 e. The average Bonchev–Trinajstić information content (AvgIpc) is 1.87. The van der Waals surface area contributed by atoms with Crippen LogP contribution in [0.5, 0.6) is 0 Å². The predicted molar refractivity (Wildman–Crippen MR) is 45.5 cm³/mol. The van der Waals surface area contributed by atoms with E-state index in [1.807, 2.05) is 0 Å². The van der Waals surface area contributed by atoms with E-state index >= 15 is 0 Å². The number of hydrogen-bond donors (Lipinski definition) is 1. The van der Waals surface area contributed by atoms with Gasteiger partial charge < -0.3 is 9.84 Å². The summed E-state index contributed by atoms with van der Waals surface area (Å²) in [6, 6.07) is 0. The second-order valence-electron chi connectivity index (χ2n) is 1.48. The summed E-state index contributed by atoms with van der Waals surface area (Å²) >= 11 is 9.53. The fraction of sp³-hybridized carbons (Fsp3) is 0.667. The molecule has 0 heterocycles. The molecule has 1 N–H and O–H groups in total. The Hall–Kier alpha value is -0.480. The van der Waals surface area contributed by atoms with Crippen molar-refractivity contribution in [2.45, 2.75) is 13.3 Å². The molecule has 12 heavy (non-hydrogen) atoms. The standard InChI is InChI=1S/C5H8O4.CH2Cl2/c1-2-9-5(8)3-4(6)7;2-1-3/h2-3H2,1H3,(H,6,7);1H2. The molecule has 0 aliphatic carbocycles. The highest BCUT2D eigenvalue weighted by molar-refractivity contribution is 6.40. The van der Waals surface area contributed by atoms with Crippen LogP contribution >= 0.6 is 23.2 Å². The van der Waals surface area contributed by atoms with Gasteiger partial charge in [-0.3, -0.25) is 9.59 Å². The summed E-state index contributed by atoms with van der Waals surface area (Å²) in [5.41, 5.74) is 0. The Bertz CT molecular complexity index is 138. The van der Waals surface area contributed by atoms with Gasteiger partial charge in [0.2, 0.25) is 0 Å². The van der Waals surface area contributed by atoms with Crippen LogP contribution < -0.4 is 0 Å². The molecule has 6 heteroatoms. The fourth-order valence-corrected chi connectivity index (χ4v) is 0.335. The molecule has 0 rings (SSSR count). The third-order valence-electron chi connectivity index (χ3n) is 0.601. The van der Waals surface area contributed by atoms with Crippen molar-refractivity contribution in [1.82, 2.24) is 0 Å². The first-order valence-corrected chi connectivity index (χ1v) is 4.14. The minimum Gasteiger partial charge on any atom is -0.481 e. The van der Waals surface area contributed by atoms with Gasteiger partial charge in [-0.2, -0.15) is 0 Å². The SMILES string of the molecule is CCOC(=O)CC(=O)O.ClCCl. The second-order valence-corrected chi connectivity index (χ2v) is 2.28. The van der Waals surface area contributed by atoms with Crippen molar-refractivity contribution in [1.29, 1.82) is 0 Å². The van der Waals surface area contributed by atoms with Crippen LogP contribution in [0.2, 0.25) is 0 Å². The van der Waals surface area contributed by atoms with Crippen LogP contribution in [0, 0.1) is 0 Å². The zero-order valence-corrected chi connectivity index (χ0v) is 8.06. The van der Waals surface area contributed by atoms with E-state index in [0.717, 1.165) is 0 Å². The van der Waals surface area contributed by atoms with Gasteiger partial charge in [0.15, 0.2) is 0 Å². The van der Waals surface area contributed by atoms with Gasteiger partial charge in [-0.05, 0) is 6.92 Å². The molecule has 0 bridgehead atoms. The van der Waals surface area contributed by atoms with Gasteiger partial charge >= 0.3 is 11.9 Å². The Morgan fingerprint density at radius 1 is 1.42 bits per heavy atom.